The number of alkyl halides is 1. The number of fused-ring (bicyclic) bond motifs is 1. The van der Waals surface area contributed by atoms with E-state index in [1.807, 2.05) is 54.6 Å². The molecule has 0 aliphatic carbocycles. The lowest BCUT2D eigenvalue weighted by Crippen LogP contribution is -2.48. The number of nitrogens with zero attached hydrogens (tertiary/aromatic N) is 5. The molecule has 5 rings (SSSR count). The fraction of sp³-hybridized carbons (Fsp3) is 0.370. The van der Waals surface area contributed by atoms with Crippen LogP contribution in [-0.4, -0.2) is 50.0 Å². The Morgan fingerprint density at radius 1 is 1.00 bits per heavy atom. The molecule has 4 aromatic rings. The van der Waals surface area contributed by atoms with Crippen LogP contribution < -0.4 is 10.5 Å². The van der Waals surface area contributed by atoms with Crippen molar-refractivity contribution >= 4 is 16.9 Å². The van der Waals surface area contributed by atoms with Crippen LogP contribution in [0.15, 0.2) is 60.9 Å². The van der Waals surface area contributed by atoms with E-state index in [1.54, 1.807) is 4.68 Å². The number of rotatable bonds is 6. The summed E-state index contributed by atoms with van der Waals surface area (Å²) in [5.41, 5.74) is 8.32. The van der Waals surface area contributed by atoms with Crippen LogP contribution >= 0.6 is 0 Å². The smallest absolute Gasteiger partial charge is 0.164 e. The van der Waals surface area contributed by atoms with Gasteiger partial charge in [0.2, 0.25) is 0 Å². The lowest BCUT2D eigenvalue weighted by molar-refractivity contribution is 0.0485. The maximum atomic E-state index is 15.5. The van der Waals surface area contributed by atoms with Gasteiger partial charge in [-0.1, -0.05) is 32.0 Å². The van der Waals surface area contributed by atoms with Crippen LogP contribution in [0.4, 0.5) is 10.2 Å². The maximum absolute atomic E-state index is 15.5. The Morgan fingerprint density at radius 2 is 1.71 bits per heavy atom. The van der Waals surface area contributed by atoms with Gasteiger partial charge in [0.05, 0.1) is 11.4 Å². The number of ether oxygens (including phenoxy) is 1. The number of likely N-dealkylation sites (tertiary alicyclic amines) is 1. The summed E-state index contributed by atoms with van der Waals surface area (Å²) in [6, 6.07) is 17.2. The summed E-state index contributed by atoms with van der Waals surface area (Å²) in [5, 5.41) is 5.50. The molecule has 8 heteroatoms. The first kappa shape index (κ1) is 23.2. The summed E-state index contributed by atoms with van der Waals surface area (Å²) < 4.78 is 23.1. The van der Waals surface area contributed by atoms with E-state index in [2.05, 4.69) is 35.6 Å². The normalized spacial score (nSPS) is 19.8. The second-order valence-electron chi connectivity index (χ2n) is 9.54. The van der Waals surface area contributed by atoms with E-state index >= 15 is 4.39 Å². The Morgan fingerprint density at radius 3 is 2.40 bits per heavy atom. The first-order chi connectivity index (χ1) is 16.9. The zero-order valence-electron chi connectivity index (χ0n) is 20.3. The van der Waals surface area contributed by atoms with Crippen LogP contribution in [-0.2, 0) is 0 Å². The summed E-state index contributed by atoms with van der Waals surface area (Å²) in [7, 11) is 0. The highest BCUT2D eigenvalue weighted by molar-refractivity contribution is 5.98. The Hall–Kier alpha value is -3.52. The van der Waals surface area contributed by atoms with Gasteiger partial charge in [0, 0.05) is 24.7 Å². The van der Waals surface area contributed by atoms with Gasteiger partial charge in [0.1, 0.15) is 35.5 Å². The molecule has 3 heterocycles. The van der Waals surface area contributed by atoms with Gasteiger partial charge in [-0.25, -0.2) is 19.0 Å². The van der Waals surface area contributed by atoms with E-state index < -0.39 is 12.2 Å². The van der Waals surface area contributed by atoms with Crippen molar-refractivity contribution in [2.24, 2.45) is 5.92 Å². The molecule has 1 aliphatic rings. The number of hydrogen-bond acceptors (Lipinski definition) is 6. The zero-order chi connectivity index (χ0) is 24.5. The molecule has 2 aromatic carbocycles. The van der Waals surface area contributed by atoms with Crippen LogP contribution in [0.1, 0.15) is 33.2 Å². The van der Waals surface area contributed by atoms with Gasteiger partial charge < -0.3 is 10.5 Å². The van der Waals surface area contributed by atoms with E-state index in [1.165, 1.54) is 6.33 Å². The van der Waals surface area contributed by atoms with E-state index in [9.17, 15) is 0 Å². The summed E-state index contributed by atoms with van der Waals surface area (Å²) in [5.74, 6) is 2.28. The molecule has 0 radical (unpaired) electrons. The maximum Gasteiger partial charge on any atom is 0.164 e. The molecule has 0 amide bonds. The van der Waals surface area contributed by atoms with Crippen molar-refractivity contribution in [3.8, 4) is 22.8 Å². The number of nitrogen functional groups attached to an aromatic ring is 1. The molecule has 1 saturated heterocycles. The molecule has 2 aromatic heterocycles. The summed E-state index contributed by atoms with van der Waals surface area (Å²) >= 11 is 0. The standard InChI is InChI=1S/C27H31FN6O/c1-17(2)18(3)33-14-13-23(22(28)15-33)34-27-24(26(29)30-16-31-27)25(32-34)19-9-11-21(12-10-19)35-20-7-5-4-6-8-20/h4-12,16-18,22-23H,13-15H2,1-3H3,(H2,29,30,31)/t18?,22-,23-/m1/s1. The predicted octanol–water partition coefficient (Wildman–Crippen LogP) is 5.50. The molecule has 1 unspecified atom stereocenters. The van der Waals surface area contributed by atoms with Gasteiger partial charge >= 0.3 is 0 Å². The number of nitrogens with two attached hydrogens (primary N) is 1. The van der Waals surface area contributed by atoms with Crippen LogP contribution in [0.2, 0.25) is 0 Å². The van der Waals surface area contributed by atoms with Gasteiger partial charge in [-0.15, -0.1) is 0 Å². The van der Waals surface area contributed by atoms with Crippen LogP contribution in [0.5, 0.6) is 11.5 Å². The van der Waals surface area contributed by atoms with Crippen molar-refractivity contribution in [2.45, 2.75) is 45.4 Å². The Balaban J connectivity index is 1.46. The second-order valence-corrected chi connectivity index (χ2v) is 9.54. The number of aromatic nitrogens is 4. The van der Waals surface area contributed by atoms with Crippen molar-refractivity contribution < 1.29 is 9.13 Å². The van der Waals surface area contributed by atoms with Gasteiger partial charge in [0.25, 0.3) is 0 Å². The quantitative estimate of drug-likeness (QED) is 0.398. The van der Waals surface area contributed by atoms with Crippen molar-refractivity contribution in [2.75, 3.05) is 18.8 Å². The number of halogens is 1. The van der Waals surface area contributed by atoms with E-state index in [0.717, 1.165) is 17.9 Å². The summed E-state index contributed by atoms with van der Waals surface area (Å²) in [4.78, 5) is 10.9. The average Bonchev–Trinajstić information content (AvgIpc) is 3.25. The lowest BCUT2D eigenvalue weighted by Gasteiger charge is -2.39. The van der Waals surface area contributed by atoms with E-state index in [-0.39, 0.29) is 0 Å². The van der Waals surface area contributed by atoms with Crippen molar-refractivity contribution in [3.05, 3.63) is 60.9 Å². The fourth-order valence-corrected chi connectivity index (χ4v) is 4.72. The number of hydrogen-bond donors (Lipinski definition) is 1. The third-order valence-corrected chi connectivity index (χ3v) is 7.02. The van der Waals surface area contributed by atoms with Crippen molar-refractivity contribution in [1.29, 1.82) is 0 Å². The Kier molecular flexibility index (Phi) is 6.38. The predicted molar refractivity (Wildman–Crippen MR) is 136 cm³/mol. The molecule has 35 heavy (non-hydrogen) atoms. The molecule has 0 spiro atoms. The molecule has 1 fully saturated rings. The number of para-hydroxylation sites is 1. The van der Waals surface area contributed by atoms with Crippen molar-refractivity contribution in [3.63, 3.8) is 0 Å². The largest absolute Gasteiger partial charge is 0.457 e. The highest BCUT2D eigenvalue weighted by atomic mass is 19.1. The SMILES string of the molecule is CC(C)C(C)N1CC[C@@H](n2nc(-c3ccc(Oc4ccccc4)cc3)c3c(N)ncnc32)[C@H](F)C1. The summed E-state index contributed by atoms with van der Waals surface area (Å²) in [6.07, 6.45) is 1.01. The van der Waals surface area contributed by atoms with Gasteiger partial charge in [-0.05, 0) is 55.7 Å². The monoisotopic (exact) mass is 474 g/mol. The minimum atomic E-state index is -1.06. The topological polar surface area (TPSA) is 82.1 Å². The third-order valence-electron chi connectivity index (χ3n) is 7.02. The Bertz CT molecular complexity index is 1290. The average molecular weight is 475 g/mol. The highest BCUT2D eigenvalue weighted by Gasteiger charge is 2.35. The van der Waals surface area contributed by atoms with Crippen LogP contribution in [0.3, 0.4) is 0 Å². The molecular formula is C27H31FN6O. The van der Waals surface area contributed by atoms with Crippen LogP contribution in [0, 0.1) is 5.92 Å². The third kappa shape index (κ3) is 4.58. The summed E-state index contributed by atoms with van der Waals surface area (Å²) in [6.45, 7) is 7.71. The number of piperidine rings is 1. The van der Waals surface area contributed by atoms with Gasteiger partial charge in [-0.2, -0.15) is 5.10 Å². The molecule has 182 valence electrons. The first-order valence-corrected chi connectivity index (χ1v) is 12.1. The highest BCUT2D eigenvalue weighted by Crippen LogP contribution is 2.36. The minimum absolute atomic E-state index is 0.328. The first-order valence-electron chi connectivity index (χ1n) is 12.1. The molecule has 2 N–H and O–H groups in total. The van der Waals surface area contributed by atoms with Gasteiger partial charge in [0.15, 0.2) is 5.65 Å². The lowest BCUT2D eigenvalue weighted by atomic mass is 9.97. The molecule has 0 saturated carbocycles. The van der Waals surface area contributed by atoms with Crippen molar-refractivity contribution in [1.82, 2.24) is 24.6 Å². The second kappa shape index (κ2) is 9.62. The Labute approximate surface area is 204 Å². The van der Waals surface area contributed by atoms with E-state index in [4.69, 9.17) is 15.6 Å². The number of anilines is 1. The molecule has 7 nitrogen and oxygen atoms in total. The number of benzene rings is 2. The molecular weight excluding hydrogens is 443 g/mol. The molecule has 0 bridgehead atoms. The molecule has 3 atom stereocenters. The fourth-order valence-electron chi connectivity index (χ4n) is 4.72. The van der Waals surface area contributed by atoms with Crippen LogP contribution in [0.25, 0.3) is 22.3 Å². The zero-order valence-corrected chi connectivity index (χ0v) is 20.3. The van der Waals surface area contributed by atoms with E-state index in [0.29, 0.717) is 53.2 Å². The van der Waals surface area contributed by atoms with Gasteiger partial charge in [-0.3, -0.25) is 4.90 Å². The molecule has 1 aliphatic heterocycles. The minimum Gasteiger partial charge on any atom is -0.457 e.